The van der Waals surface area contributed by atoms with Gasteiger partial charge in [-0.3, -0.25) is 0 Å². The third-order valence-corrected chi connectivity index (χ3v) is 2.79. The van der Waals surface area contributed by atoms with Crippen LogP contribution in [0.3, 0.4) is 0 Å². The molecular weight excluding hydrogens is 240 g/mol. The maximum Gasteiger partial charge on any atom is 0.179 e. The van der Waals surface area contributed by atoms with Crippen molar-refractivity contribution in [1.29, 1.82) is 0 Å². The van der Waals surface area contributed by atoms with Gasteiger partial charge in [-0.15, -0.1) is 0 Å². The largest absolute Gasteiger partial charge is 0.493 e. The molecule has 1 N–H and O–H groups in total. The van der Waals surface area contributed by atoms with Gasteiger partial charge in [0.15, 0.2) is 11.5 Å². The van der Waals surface area contributed by atoms with E-state index in [-0.39, 0.29) is 0 Å². The number of methoxy groups -OCH3 is 2. The van der Waals surface area contributed by atoms with Crippen LogP contribution in [0.4, 0.5) is 0 Å². The average Bonchev–Trinajstić information content (AvgIpc) is 2.27. The molecule has 0 spiro atoms. The quantitative estimate of drug-likeness (QED) is 0.900. The van der Waals surface area contributed by atoms with Crippen molar-refractivity contribution in [3.05, 3.63) is 28.3 Å². The third-order valence-electron chi connectivity index (χ3n) is 2.51. The smallest absolute Gasteiger partial charge is 0.179 e. The second kappa shape index (κ2) is 5.94. The van der Waals surface area contributed by atoms with E-state index in [1.54, 1.807) is 27.2 Å². The lowest BCUT2D eigenvalue weighted by molar-refractivity contribution is 0.232. The van der Waals surface area contributed by atoms with Gasteiger partial charge in [0.1, 0.15) is 0 Å². The van der Waals surface area contributed by atoms with Crippen LogP contribution in [0.5, 0.6) is 11.5 Å². The Morgan fingerprint density at radius 1 is 1.35 bits per heavy atom. The Morgan fingerprint density at radius 3 is 2.47 bits per heavy atom. The van der Waals surface area contributed by atoms with Crippen LogP contribution >= 0.6 is 11.6 Å². The second-order valence-corrected chi connectivity index (χ2v) is 4.21. The van der Waals surface area contributed by atoms with Crippen molar-refractivity contribution in [3.8, 4) is 11.5 Å². The Morgan fingerprint density at radius 2 is 2.00 bits per heavy atom. The van der Waals surface area contributed by atoms with Gasteiger partial charge in [0, 0.05) is 0 Å². The van der Waals surface area contributed by atoms with Crippen LogP contribution in [-0.2, 0) is 0 Å². The topological polar surface area (TPSA) is 38.7 Å². The number of aliphatic hydroxyl groups excluding tert-OH is 1. The molecular formula is C13H17ClO3. The molecule has 1 aromatic rings. The fraction of sp³-hybridized carbons (Fsp3) is 0.385. The Hall–Kier alpha value is -1.19. The van der Waals surface area contributed by atoms with E-state index in [1.807, 2.05) is 19.1 Å². The van der Waals surface area contributed by atoms with Gasteiger partial charge in [-0.2, -0.15) is 0 Å². The maximum atomic E-state index is 9.42. The monoisotopic (exact) mass is 256 g/mol. The number of hydrogen-bond acceptors (Lipinski definition) is 3. The SMILES string of the molecule is COc1cc(/C=C(/C)C(C)O)cc(Cl)c1OC. The lowest BCUT2D eigenvalue weighted by Gasteiger charge is -2.11. The molecule has 0 amide bonds. The molecule has 17 heavy (non-hydrogen) atoms. The van der Waals surface area contributed by atoms with Crippen LogP contribution < -0.4 is 9.47 Å². The Bertz CT molecular complexity index is 425. The van der Waals surface area contributed by atoms with Gasteiger partial charge in [-0.1, -0.05) is 17.7 Å². The highest BCUT2D eigenvalue weighted by molar-refractivity contribution is 6.32. The fourth-order valence-corrected chi connectivity index (χ4v) is 1.70. The van der Waals surface area contributed by atoms with Crippen LogP contribution in [0.15, 0.2) is 17.7 Å². The number of halogens is 1. The molecule has 0 aliphatic heterocycles. The first-order valence-electron chi connectivity index (χ1n) is 5.27. The van der Waals surface area contributed by atoms with E-state index in [4.69, 9.17) is 21.1 Å². The molecule has 0 saturated heterocycles. The van der Waals surface area contributed by atoms with Crippen LogP contribution in [0.1, 0.15) is 19.4 Å². The van der Waals surface area contributed by atoms with Crippen molar-refractivity contribution in [1.82, 2.24) is 0 Å². The molecule has 0 bridgehead atoms. The highest BCUT2D eigenvalue weighted by Gasteiger charge is 2.10. The molecule has 1 rings (SSSR count). The molecule has 0 radical (unpaired) electrons. The first-order chi connectivity index (χ1) is 7.99. The summed E-state index contributed by atoms with van der Waals surface area (Å²) in [6.45, 7) is 3.57. The Kier molecular flexibility index (Phi) is 4.85. The fourth-order valence-electron chi connectivity index (χ4n) is 1.40. The molecule has 0 aliphatic rings. The van der Waals surface area contributed by atoms with Crippen molar-refractivity contribution >= 4 is 17.7 Å². The van der Waals surface area contributed by atoms with Crippen molar-refractivity contribution in [2.75, 3.05) is 14.2 Å². The van der Waals surface area contributed by atoms with Crippen LogP contribution in [0, 0.1) is 0 Å². The van der Waals surface area contributed by atoms with Crippen molar-refractivity contribution in [2.45, 2.75) is 20.0 Å². The van der Waals surface area contributed by atoms with E-state index in [2.05, 4.69) is 0 Å². The highest BCUT2D eigenvalue weighted by Crippen LogP contribution is 2.36. The standard InChI is InChI=1S/C13H17ClO3/c1-8(9(2)15)5-10-6-11(14)13(17-4)12(7-10)16-3/h5-7,9,15H,1-4H3/b8-5-. The number of hydrogen-bond donors (Lipinski definition) is 1. The Labute approximate surface area is 107 Å². The molecule has 1 atom stereocenters. The molecule has 4 heteroatoms. The predicted molar refractivity (Wildman–Crippen MR) is 69.9 cm³/mol. The average molecular weight is 257 g/mol. The molecule has 1 unspecified atom stereocenters. The third kappa shape index (κ3) is 3.38. The highest BCUT2D eigenvalue weighted by atomic mass is 35.5. The van der Waals surface area contributed by atoms with E-state index in [1.165, 1.54) is 0 Å². The van der Waals surface area contributed by atoms with Crippen molar-refractivity contribution in [3.63, 3.8) is 0 Å². The van der Waals surface area contributed by atoms with Gasteiger partial charge in [-0.05, 0) is 37.1 Å². The van der Waals surface area contributed by atoms with Gasteiger partial charge in [0.25, 0.3) is 0 Å². The van der Waals surface area contributed by atoms with Gasteiger partial charge >= 0.3 is 0 Å². The van der Waals surface area contributed by atoms with Crippen LogP contribution in [-0.4, -0.2) is 25.4 Å². The second-order valence-electron chi connectivity index (χ2n) is 3.80. The molecule has 0 heterocycles. The van der Waals surface area contributed by atoms with E-state index in [0.717, 1.165) is 11.1 Å². The van der Waals surface area contributed by atoms with Gasteiger partial charge in [0.2, 0.25) is 0 Å². The molecule has 0 saturated carbocycles. The molecule has 0 aromatic heterocycles. The van der Waals surface area contributed by atoms with E-state index >= 15 is 0 Å². The first kappa shape index (κ1) is 13.9. The number of rotatable bonds is 4. The zero-order valence-corrected chi connectivity index (χ0v) is 11.2. The van der Waals surface area contributed by atoms with Crippen molar-refractivity contribution < 1.29 is 14.6 Å². The molecule has 94 valence electrons. The lowest BCUT2D eigenvalue weighted by Crippen LogP contribution is -2.00. The molecule has 0 aliphatic carbocycles. The zero-order chi connectivity index (χ0) is 13.0. The summed E-state index contributed by atoms with van der Waals surface area (Å²) in [6.07, 6.45) is 1.38. The summed E-state index contributed by atoms with van der Waals surface area (Å²) < 4.78 is 10.3. The lowest BCUT2D eigenvalue weighted by atomic mass is 10.1. The summed E-state index contributed by atoms with van der Waals surface area (Å²) in [5.41, 5.74) is 1.72. The minimum absolute atomic E-state index is 0.483. The summed E-state index contributed by atoms with van der Waals surface area (Å²) in [5.74, 6) is 1.09. The van der Waals surface area contributed by atoms with E-state index < -0.39 is 6.10 Å². The summed E-state index contributed by atoms with van der Waals surface area (Å²) in [7, 11) is 3.10. The van der Waals surface area contributed by atoms with Crippen LogP contribution in [0.2, 0.25) is 5.02 Å². The first-order valence-corrected chi connectivity index (χ1v) is 5.65. The van der Waals surface area contributed by atoms with Crippen molar-refractivity contribution in [2.24, 2.45) is 0 Å². The van der Waals surface area contributed by atoms with Gasteiger partial charge < -0.3 is 14.6 Å². The predicted octanol–water partition coefficient (Wildman–Crippen LogP) is 3.14. The normalized spacial score (nSPS) is 13.4. The van der Waals surface area contributed by atoms with Crippen LogP contribution in [0.25, 0.3) is 6.08 Å². The minimum Gasteiger partial charge on any atom is -0.493 e. The van der Waals surface area contributed by atoms with E-state index in [0.29, 0.717) is 16.5 Å². The number of aliphatic hydroxyl groups is 1. The van der Waals surface area contributed by atoms with E-state index in [9.17, 15) is 5.11 Å². The molecule has 0 fully saturated rings. The summed E-state index contributed by atoms with van der Waals surface area (Å²) in [5, 5.41) is 9.90. The summed E-state index contributed by atoms with van der Waals surface area (Å²) in [6, 6.07) is 3.59. The maximum absolute atomic E-state index is 9.42. The molecule has 3 nitrogen and oxygen atoms in total. The summed E-state index contributed by atoms with van der Waals surface area (Å²) >= 11 is 6.08. The van der Waals surface area contributed by atoms with Gasteiger partial charge in [0.05, 0.1) is 25.3 Å². The number of ether oxygens (including phenoxy) is 2. The Balaban J connectivity index is 3.20. The number of benzene rings is 1. The van der Waals surface area contributed by atoms with Gasteiger partial charge in [-0.25, -0.2) is 0 Å². The molecule has 1 aromatic carbocycles. The zero-order valence-electron chi connectivity index (χ0n) is 10.5. The minimum atomic E-state index is -0.484. The summed E-state index contributed by atoms with van der Waals surface area (Å²) in [4.78, 5) is 0.